The zero-order valence-electron chi connectivity index (χ0n) is 8.96. The van der Waals surface area contributed by atoms with Crippen molar-refractivity contribution in [3.05, 3.63) is 34.9 Å². The van der Waals surface area contributed by atoms with Gasteiger partial charge in [-0.3, -0.25) is 4.79 Å². The van der Waals surface area contributed by atoms with Gasteiger partial charge in [-0.15, -0.1) is 0 Å². The highest BCUT2D eigenvalue weighted by atomic mass is 16.1. The Kier molecular flexibility index (Phi) is 2.12. The number of fused-ring (bicyclic) bond motifs is 1. The van der Waals surface area contributed by atoms with Crippen molar-refractivity contribution in [2.45, 2.75) is 38.5 Å². The number of hydrogen-bond donors (Lipinski definition) is 0. The Hall–Kier alpha value is -1.11. The van der Waals surface area contributed by atoms with Crippen LogP contribution in [0.5, 0.6) is 0 Å². The number of carbonyl (C=O) groups excluding carboxylic acids is 1. The minimum atomic E-state index is 0.353. The van der Waals surface area contributed by atoms with Gasteiger partial charge in [-0.1, -0.05) is 12.1 Å². The molecule has 2 aliphatic carbocycles. The fourth-order valence-electron chi connectivity index (χ4n) is 2.47. The number of Topliss-reactive ketones (excluding diaryl/α,β-unsaturated/α-hetero) is 1. The van der Waals surface area contributed by atoms with Crippen LogP contribution in [0.15, 0.2) is 18.2 Å². The second-order valence-corrected chi connectivity index (χ2v) is 4.83. The van der Waals surface area contributed by atoms with Crippen molar-refractivity contribution in [2.24, 2.45) is 5.92 Å². The molecular formula is C14H16O. The van der Waals surface area contributed by atoms with E-state index in [1.54, 1.807) is 0 Å². The Morgan fingerprint density at radius 3 is 2.53 bits per heavy atom. The summed E-state index contributed by atoms with van der Waals surface area (Å²) >= 11 is 0. The summed E-state index contributed by atoms with van der Waals surface area (Å²) in [4.78, 5) is 11.9. The van der Waals surface area contributed by atoms with E-state index in [4.69, 9.17) is 0 Å². The van der Waals surface area contributed by atoms with Crippen LogP contribution in [0.25, 0.3) is 0 Å². The Morgan fingerprint density at radius 2 is 1.80 bits per heavy atom. The SMILES string of the molecule is O=C(c1ccc2c(c1)CCCC2)C1CC1. The zero-order valence-corrected chi connectivity index (χ0v) is 8.96. The van der Waals surface area contributed by atoms with Crippen LogP contribution in [-0.2, 0) is 12.8 Å². The van der Waals surface area contributed by atoms with Gasteiger partial charge in [0, 0.05) is 11.5 Å². The van der Waals surface area contributed by atoms with Gasteiger partial charge in [0.1, 0.15) is 0 Å². The van der Waals surface area contributed by atoms with E-state index in [0.29, 0.717) is 11.7 Å². The summed E-state index contributed by atoms with van der Waals surface area (Å²) < 4.78 is 0. The highest BCUT2D eigenvalue weighted by molar-refractivity contribution is 5.99. The molecule has 0 unspecified atom stereocenters. The number of rotatable bonds is 2. The molecule has 0 saturated heterocycles. The molecule has 1 heteroatoms. The smallest absolute Gasteiger partial charge is 0.165 e. The first-order valence-electron chi connectivity index (χ1n) is 6.00. The second-order valence-electron chi connectivity index (χ2n) is 4.83. The van der Waals surface area contributed by atoms with E-state index >= 15 is 0 Å². The molecule has 0 bridgehead atoms. The lowest BCUT2D eigenvalue weighted by molar-refractivity contribution is 0.0967. The molecule has 1 fully saturated rings. The van der Waals surface area contributed by atoms with Gasteiger partial charge in [0.05, 0.1) is 0 Å². The normalized spacial score (nSPS) is 19.7. The molecule has 1 saturated carbocycles. The summed E-state index contributed by atoms with van der Waals surface area (Å²) in [6.07, 6.45) is 7.18. The van der Waals surface area contributed by atoms with Gasteiger partial charge in [0.15, 0.2) is 5.78 Å². The topological polar surface area (TPSA) is 17.1 Å². The number of ketones is 1. The maximum atomic E-state index is 11.9. The number of carbonyl (C=O) groups is 1. The van der Waals surface area contributed by atoms with Crippen molar-refractivity contribution in [1.29, 1.82) is 0 Å². The summed E-state index contributed by atoms with van der Waals surface area (Å²) in [5.41, 5.74) is 3.85. The lowest BCUT2D eigenvalue weighted by Gasteiger charge is -2.16. The van der Waals surface area contributed by atoms with Crippen molar-refractivity contribution in [3.63, 3.8) is 0 Å². The van der Waals surface area contributed by atoms with Crippen LogP contribution in [-0.4, -0.2) is 5.78 Å². The van der Waals surface area contributed by atoms with Crippen LogP contribution in [0, 0.1) is 5.92 Å². The van der Waals surface area contributed by atoms with Gasteiger partial charge in [0.2, 0.25) is 0 Å². The second kappa shape index (κ2) is 3.48. The molecule has 78 valence electrons. The molecule has 1 nitrogen and oxygen atoms in total. The molecule has 0 spiro atoms. The van der Waals surface area contributed by atoms with Crippen LogP contribution in [0.1, 0.15) is 47.2 Å². The Morgan fingerprint density at radius 1 is 1.07 bits per heavy atom. The van der Waals surface area contributed by atoms with E-state index in [1.165, 1.54) is 36.8 Å². The molecule has 0 aromatic heterocycles. The third-order valence-electron chi connectivity index (χ3n) is 3.58. The average Bonchev–Trinajstić information content (AvgIpc) is 3.11. The minimum absolute atomic E-state index is 0.353. The van der Waals surface area contributed by atoms with Gasteiger partial charge >= 0.3 is 0 Å². The fourth-order valence-corrected chi connectivity index (χ4v) is 2.47. The summed E-state index contributed by atoms with van der Waals surface area (Å²) in [6, 6.07) is 6.35. The standard InChI is InChI=1S/C14H16O/c15-14(11-6-7-11)13-8-5-10-3-1-2-4-12(10)9-13/h5,8-9,11H,1-4,6-7H2. The highest BCUT2D eigenvalue weighted by Crippen LogP contribution is 2.33. The molecule has 0 N–H and O–H groups in total. The van der Waals surface area contributed by atoms with E-state index in [1.807, 2.05) is 6.07 Å². The summed E-state index contributed by atoms with van der Waals surface area (Å²) in [5.74, 6) is 0.731. The molecule has 0 radical (unpaired) electrons. The first-order valence-corrected chi connectivity index (χ1v) is 6.00. The highest BCUT2D eigenvalue weighted by Gasteiger charge is 2.30. The van der Waals surface area contributed by atoms with E-state index in [9.17, 15) is 4.79 Å². The van der Waals surface area contributed by atoms with Crippen molar-refractivity contribution >= 4 is 5.78 Å². The van der Waals surface area contributed by atoms with Gasteiger partial charge in [0.25, 0.3) is 0 Å². The van der Waals surface area contributed by atoms with Crippen molar-refractivity contribution in [2.75, 3.05) is 0 Å². The number of benzene rings is 1. The van der Waals surface area contributed by atoms with E-state index in [-0.39, 0.29) is 0 Å². The minimum Gasteiger partial charge on any atom is -0.294 e. The zero-order chi connectivity index (χ0) is 10.3. The maximum Gasteiger partial charge on any atom is 0.165 e. The van der Waals surface area contributed by atoms with Crippen LogP contribution in [0.4, 0.5) is 0 Å². The van der Waals surface area contributed by atoms with Gasteiger partial charge < -0.3 is 0 Å². The molecule has 2 aliphatic rings. The van der Waals surface area contributed by atoms with E-state index in [2.05, 4.69) is 12.1 Å². The Labute approximate surface area is 90.5 Å². The lowest BCUT2D eigenvalue weighted by Crippen LogP contribution is -2.07. The molecular weight excluding hydrogens is 184 g/mol. The molecule has 15 heavy (non-hydrogen) atoms. The third kappa shape index (κ3) is 1.71. The quantitative estimate of drug-likeness (QED) is 0.670. The molecule has 0 heterocycles. The summed E-state index contributed by atoms with van der Waals surface area (Å²) in [7, 11) is 0. The molecule has 0 atom stereocenters. The molecule has 1 aromatic rings. The monoisotopic (exact) mass is 200 g/mol. The largest absolute Gasteiger partial charge is 0.294 e. The maximum absolute atomic E-state index is 11.9. The molecule has 1 aromatic carbocycles. The number of aryl methyl sites for hydroxylation is 2. The average molecular weight is 200 g/mol. The van der Waals surface area contributed by atoms with Gasteiger partial charge in [-0.05, 0) is 55.7 Å². The van der Waals surface area contributed by atoms with Gasteiger partial charge in [-0.2, -0.15) is 0 Å². The Balaban J connectivity index is 1.92. The molecule has 0 aliphatic heterocycles. The van der Waals surface area contributed by atoms with Crippen LogP contribution in [0.2, 0.25) is 0 Å². The van der Waals surface area contributed by atoms with Crippen molar-refractivity contribution < 1.29 is 4.79 Å². The van der Waals surface area contributed by atoms with E-state index < -0.39 is 0 Å². The van der Waals surface area contributed by atoms with E-state index in [0.717, 1.165) is 18.4 Å². The molecule has 0 amide bonds. The molecule has 3 rings (SSSR count). The van der Waals surface area contributed by atoms with Gasteiger partial charge in [-0.25, -0.2) is 0 Å². The summed E-state index contributed by atoms with van der Waals surface area (Å²) in [5, 5.41) is 0. The predicted molar refractivity (Wildman–Crippen MR) is 60.1 cm³/mol. The summed E-state index contributed by atoms with van der Waals surface area (Å²) in [6.45, 7) is 0. The first kappa shape index (κ1) is 9.14. The van der Waals surface area contributed by atoms with Crippen LogP contribution < -0.4 is 0 Å². The van der Waals surface area contributed by atoms with Crippen molar-refractivity contribution in [3.8, 4) is 0 Å². The third-order valence-corrected chi connectivity index (χ3v) is 3.58. The predicted octanol–water partition coefficient (Wildman–Crippen LogP) is 3.16. The fraction of sp³-hybridized carbons (Fsp3) is 0.500. The first-order chi connectivity index (χ1) is 7.34. The van der Waals surface area contributed by atoms with Crippen LogP contribution in [0.3, 0.4) is 0 Å². The lowest BCUT2D eigenvalue weighted by atomic mass is 9.89. The Bertz CT molecular complexity index is 402. The number of hydrogen-bond acceptors (Lipinski definition) is 1. The van der Waals surface area contributed by atoms with Crippen LogP contribution >= 0.6 is 0 Å². The van der Waals surface area contributed by atoms with Crippen molar-refractivity contribution in [1.82, 2.24) is 0 Å².